The Hall–Kier alpha value is -3.16. The average molecular weight is 296 g/mol. The molecule has 0 saturated carbocycles. The quantitative estimate of drug-likeness (QED) is 0.713. The van der Waals surface area contributed by atoms with Gasteiger partial charge in [0.1, 0.15) is 22.8 Å². The number of hydrogen-bond donors (Lipinski definition) is 0. The molecule has 0 aliphatic rings. The van der Waals surface area contributed by atoms with Crippen molar-refractivity contribution in [1.29, 1.82) is 0 Å². The molecule has 3 aromatic rings. The lowest BCUT2D eigenvalue weighted by atomic mass is 10.2. The molecule has 0 aliphatic carbocycles. The van der Waals surface area contributed by atoms with Gasteiger partial charge < -0.3 is 9.47 Å². The standard InChI is InChI=1S/C14H12N6O2/c1-21-13-5-3-9(17-19-13)11-7-15-8-12(16-11)10-4-6-14(22-2)20-18-10/h3-8H,1-2H3. The summed E-state index contributed by atoms with van der Waals surface area (Å²) in [6.45, 7) is 0. The maximum Gasteiger partial charge on any atom is 0.233 e. The first kappa shape index (κ1) is 13.8. The van der Waals surface area contributed by atoms with Gasteiger partial charge in [-0.05, 0) is 12.1 Å². The van der Waals surface area contributed by atoms with E-state index in [4.69, 9.17) is 9.47 Å². The SMILES string of the molecule is COc1ccc(-c2cncc(-c3ccc(OC)nn3)n2)nn1. The minimum atomic E-state index is 0.439. The van der Waals surface area contributed by atoms with Gasteiger partial charge in [-0.3, -0.25) is 4.98 Å². The molecule has 0 bridgehead atoms. The van der Waals surface area contributed by atoms with Crippen LogP contribution in [-0.2, 0) is 0 Å². The first-order valence-corrected chi connectivity index (χ1v) is 6.38. The van der Waals surface area contributed by atoms with Crippen LogP contribution in [0.5, 0.6) is 11.8 Å². The number of aromatic nitrogens is 6. The number of methoxy groups -OCH3 is 2. The van der Waals surface area contributed by atoms with Gasteiger partial charge >= 0.3 is 0 Å². The molecule has 0 saturated heterocycles. The summed E-state index contributed by atoms with van der Waals surface area (Å²) in [5.41, 5.74) is 2.36. The maximum atomic E-state index is 4.98. The van der Waals surface area contributed by atoms with Crippen LogP contribution in [0.4, 0.5) is 0 Å². The van der Waals surface area contributed by atoms with Crippen LogP contribution >= 0.6 is 0 Å². The molecule has 0 aromatic carbocycles. The highest BCUT2D eigenvalue weighted by Gasteiger charge is 2.08. The molecule has 8 nitrogen and oxygen atoms in total. The largest absolute Gasteiger partial charge is 0.480 e. The molecular weight excluding hydrogens is 284 g/mol. The predicted octanol–water partition coefficient (Wildman–Crippen LogP) is 1.41. The van der Waals surface area contributed by atoms with Crippen molar-refractivity contribution in [3.05, 3.63) is 36.7 Å². The van der Waals surface area contributed by atoms with Gasteiger partial charge in [-0.2, -0.15) is 0 Å². The first-order chi connectivity index (χ1) is 10.8. The minimum Gasteiger partial charge on any atom is -0.480 e. The second-order valence-electron chi connectivity index (χ2n) is 4.21. The molecule has 0 unspecified atom stereocenters. The molecule has 110 valence electrons. The van der Waals surface area contributed by atoms with Gasteiger partial charge in [0.25, 0.3) is 0 Å². The number of nitrogens with zero attached hydrogens (tertiary/aromatic N) is 6. The average Bonchev–Trinajstić information content (AvgIpc) is 2.62. The molecule has 0 fully saturated rings. The molecule has 0 aliphatic heterocycles. The Morgan fingerprint density at radius 3 is 1.50 bits per heavy atom. The van der Waals surface area contributed by atoms with Crippen LogP contribution < -0.4 is 9.47 Å². The van der Waals surface area contributed by atoms with Gasteiger partial charge in [0.2, 0.25) is 11.8 Å². The monoisotopic (exact) mass is 296 g/mol. The number of ether oxygens (including phenoxy) is 2. The minimum absolute atomic E-state index is 0.439. The van der Waals surface area contributed by atoms with E-state index < -0.39 is 0 Å². The fourth-order valence-corrected chi connectivity index (χ4v) is 1.74. The van der Waals surface area contributed by atoms with Crippen LogP contribution in [-0.4, -0.2) is 44.6 Å². The van der Waals surface area contributed by atoms with E-state index in [1.54, 1.807) is 36.7 Å². The Labute approximate surface area is 126 Å². The summed E-state index contributed by atoms with van der Waals surface area (Å²) in [6, 6.07) is 6.95. The second kappa shape index (κ2) is 6.08. The summed E-state index contributed by atoms with van der Waals surface area (Å²) in [7, 11) is 3.07. The second-order valence-corrected chi connectivity index (χ2v) is 4.21. The smallest absolute Gasteiger partial charge is 0.233 e. The molecule has 8 heteroatoms. The summed E-state index contributed by atoms with van der Waals surface area (Å²) in [5, 5.41) is 15.9. The number of rotatable bonds is 4. The van der Waals surface area contributed by atoms with Gasteiger partial charge in [-0.15, -0.1) is 20.4 Å². The normalized spacial score (nSPS) is 10.3. The van der Waals surface area contributed by atoms with E-state index in [9.17, 15) is 0 Å². The van der Waals surface area contributed by atoms with E-state index in [1.165, 1.54) is 14.2 Å². The van der Waals surface area contributed by atoms with Crippen molar-refractivity contribution in [2.24, 2.45) is 0 Å². The van der Waals surface area contributed by atoms with E-state index in [0.29, 0.717) is 34.5 Å². The highest BCUT2D eigenvalue weighted by Crippen LogP contribution is 2.19. The van der Waals surface area contributed by atoms with E-state index >= 15 is 0 Å². The van der Waals surface area contributed by atoms with Crippen LogP contribution in [0.2, 0.25) is 0 Å². The molecule has 0 amide bonds. The maximum absolute atomic E-state index is 4.98. The summed E-state index contributed by atoms with van der Waals surface area (Å²) in [5.74, 6) is 0.878. The third-order valence-corrected chi connectivity index (χ3v) is 2.86. The number of hydrogen-bond acceptors (Lipinski definition) is 8. The Balaban J connectivity index is 1.93. The van der Waals surface area contributed by atoms with Crippen molar-refractivity contribution in [2.45, 2.75) is 0 Å². The van der Waals surface area contributed by atoms with Crippen LogP contribution in [0.3, 0.4) is 0 Å². The lowest BCUT2D eigenvalue weighted by Crippen LogP contribution is -1.97. The van der Waals surface area contributed by atoms with Crippen molar-refractivity contribution in [3.8, 4) is 34.5 Å². The Bertz CT molecular complexity index is 698. The lowest BCUT2D eigenvalue weighted by molar-refractivity contribution is 0.392. The van der Waals surface area contributed by atoms with Crippen LogP contribution in [0.1, 0.15) is 0 Å². The molecule has 0 radical (unpaired) electrons. The van der Waals surface area contributed by atoms with Crippen molar-refractivity contribution in [2.75, 3.05) is 14.2 Å². The zero-order chi connectivity index (χ0) is 15.4. The molecular formula is C14H12N6O2. The highest BCUT2D eigenvalue weighted by molar-refractivity contribution is 5.59. The summed E-state index contributed by atoms with van der Waals surface area (Å²) >= 11 is 0. The zero-order valence-corrected chi connectivity index (χ0v) is 12.0. The van der Waals surface area contributed by atoms with E-state index in [2.05, 4.69) is 30.4 Å². The Kier molecular flexibility index (Phi) is 3.82. The van der Waals surface area contributed by atoms with E-state index in [1.807, 2.05) is 0 Å². The fourth-order valence-electron chi connectivity index (χ4n) is 1.74. The van der Waals surface area contributed by atoms with Crippen molar-refractivity contribution >= 4 is 0 Å². The van der Waals surface area contributed by atoms with Gasteiger partial charge in [0.05, 0.1) is 26.6 Å². The van der Waals surface area contributed by atoms with Gasteiger partial charge in [-0.1, -0.05) is 0 Å². The van der Waals surface area contributed by atoms with Crippen LogP contribution in [0.25, 0.3) is 22.8 Å². The fraction of sp³-hybridized carbons (Fsp3) is 0.143. The molecule has 0 N–H and O–H groups in total. The summed E-state index contributed by atoms with van der Waals surface area (Å²) in [4.78, 5) is 8.64. The molecule has 0 spiro atoms. The van der Waals surface area contributed by atoms with Gasteiger partial charge in [0.15, 0.2) is 0 Å². The van der Waals surface area contributed by atoms with Gasteiger partial charge in [0, 0.05) is 12.1 Å². The predicted molar refractivity (Wildman–Crippen MR) is 77.2 cm³/mol. The van der Waals surface area contributed by atoms with E-state index in [0.717, 1.165) is 0 Å². The third-order valence-electron chi connectivity index (χ3n) is 2.86. The van der Waals surface area contributed by atoms with Crippen LogP contribution in [0.15, 0.2) is 36.7 Å². The van der Waals surface area contributed by atoms with Gasteiger partial charge in [-0.25, -0.2) is 4.98 Å². The van der Waals surface area contributed by atoms with E-state index in [-0.39, 0.29) is 0 Å². The molecule has 0 atom stereocenters. The van der Waals surface area contributed by atoms with Crippen molar-refractivity contribution in [1.82, 2.24) is 30.4 Å². The molecule has 3 rings (SSSR count). The summed E-state index contributed by atoms with van der Waals surface area (Å²) in [6.07, 6.45) is 3.22. The zero-order valence-electron chi connectivity index (χ0n) is 12.0. The van der Waals surface area contributed by atoms with Crippen LogP contribution in [0, 0.1) is 0 Å². The van der Waals surface area contributed by atoms with Crippen molar-refractivity contribution < 1.29 is 9.47 Å². The van der Waals surface area contributed by atoms with Crippen molar-refractivity contribution in [3.63, 3.8) is 0 Å². The summed E-state index contributed by atoms with van der Waals surface area (Å²) < 4.78 is 9.96. The lowest BCUT2D eigenvalue weighted by Gasteiger charge is -2.04. The molecule has 3 heterocycles. The third kappa shape index (κ3) is 2.80. The molecule has 22 heavy (non-hydrogen) atoms. The topological polar surface area (TPSA) is 95.8 Å². The Morgan fingerprint density at radius 1 is 0.636 bits per heavy atom. The highest BCUT2D eigenvalue weighted by atomic mass is 16.5. The molecule has 3 aromatic heterocycles. The first-order valence-electron chi connectivity index (χ1n) is 6.38. The Morgan fingerprint density at radius 2 is 1.14 bits per heavy atom.